The van der Waals surface area contributed by atoms with Crippen LogP contribution in [0.4, 0.5) is 10.5 Å². The fourth-order valence-electron chi connectivity index (χ4n) is 2.73. The van der Waals surface area contributed by atoms with E-state index in [-0.39, 0.29) is 30.5 Å². The molecule has 0 radical (unpaired) electrons. The molecule has 0 aliphatic carbocycles. The third kappa shape index (κ3) is 9.58. The third-order valence-corrected chi connectivity index (χ3v) is 4.25. The number of nitrogens with zero attached hydrogens (tertiary/aromatic N) is 1. The minimum Gasteiger partial charge on any atom is -0.733 e. The van der Waals surface area contributed by atoms with Crippen molar-refractivity contribution in [1.29, 1.82) is 0 Å². The Morgan fingerprint density at radius 2 is 1.67 bits per heavy atom. The SMILES string of the molecule is CC(C)(C)OC(=O)NC(Cc1ccc(N([O-])O)cc1)C(=O)NCC(=O)OCc1ccccc1. The van der Waals surface area contributed by atoms with E-state index in [1.54, 1.807) is 32.9 Å². The average Bonchev–Trinajstić information content (AvgIpc) is 2.75. The standard InChI is InChI=1S/C23H28N3O7/c1-23(2,3)33-22(29)25-19(13-16-9-11-18(12-10-16)26(30)31)21(28)24-14-20(27)32-15-17-7-5-4-6-8-17/h4-12,19,30H,13-15H2,1-3H3,(H,24,28)(H,25,29)/q-1. The van der Waals surface area contributed by atoms with E-state index in [0.29, 0.717) is 5.56 Å². The number of benzene rings is 2. The second kappa shape index (κ2) is 11.8. The molecule has 2 rings (SSSR count). The highest BCUT2D eigenvalue weighted by Crippen LogP contribution is 2.14. The number of esters is 1. The molecule has 0 aromatic heterocycles. The number of ether oxygens (including phenoxy) is 2. The van der Waals surface area contributed by atoms with Crippen molar-refractivity contribution in [3.63, 3.8) is 0 Å². The highest BCUT2D eigenvalue weighted by Gasteiger charge is 2.25. The first-order chi connectivity index (χ1) is 15.5. The molecule has 0 fully saturated rings. The number of hydrogen-bond acceptors (Lipinski definition) is 8. The maximum Gasteiger partial charge on any atom is 0.408 e. The average molecular weight is 458 g/mol. The largest absolute Gasteiger partial charge is 0.733 e. The van der Waals surface area contributed by atoms with Crippen LogP contribution in [-0.2, 0) is 32.1 Å². The highest BCUT2D eigenvalue weighted by atomic mass is 16.8. The van der Waals surface area contributed by atoms with Gasteiger partial charge >= 0.3 is 12.1 Å². The van der Waals surface area contributed by atoms with Crippen LogP contribution in [0.25, 0.3) is 0 Å². The van der Waals surface area contributed by atoms with Gasteiger partial charge in [-0.05, 0) is 44.0 Å². The van der Waals surface area contributed by atoms with Crippen LogP contribution in [0.3, 0.4) is 0 Å². The van der Waals surface area contributed by atoms with Crippen LogP contribution in [0.1, 0.15) is 31.9 Å². The van der Waals surface area contributed by atoms with Gasteiger partial charge in [-0.3, -0.25) is 14.8 Å². The van der Waals surface area contributed by atoms with Crippen LogP contribution >= 0.6 is 0 Å². The summed E-state index contributed by atoms with van der Waals surface area (Å²) in [7, 11) is 0. The van der Waals surface area contributed by atoms with Crippen LogP contribution < -0.4 is 15.9 Å². The quantitative estimate of drug-likeness (QED) is 0.385. The Hall–Kier alpha value is -3.63. The number of hydrogen-bond donors (Lipinski definition) is 3. The van der Waals surface area contributed by atoms with Gasteiger partial charge in [0.1, 0.15) is 24.8 Å². The first-order valence-electron chi connectivity index (χ1n) is 10.3. The van der Waals surface area contributed by atoms with Crippen molar-refractivity contribution in [2.24, 2.45) is 0 Å². The molecule has 10 nitrogen and oxygen atoms in total. The number of nitrogens with one attached hydrogen (secondary N) is 2. The molecule has 3 N–H and O–H groups in total. The van der Waals surface area contributed by atoms with Crippen molar-refractivity contribution in [2.75, 3.05) is 11.8 Å². The first kappa shape index (κ1) is 25.6. The zero-order valence-corrected chi connectivity index (χ0v) is 18.7. The summed E-state index contributed by atoms with van der Waals surface area (Å²) >= 11 is 0. The summed E-state index contributed by atoms with van der Waals surface area (Å²) in [6, 6.07) is 13.8. The van der Waals surface area contributed by atoms with Gasteiger partial charge in [-0.15, -0.1) is 0 Å². The van der Waals surface area contributed by atoms with Gasteiger partial charge in [0.05, 0.1) is 5.69 Å². The number of anilines is 1. The summed E-state index contributed by atoms with van der Waals surface area (Å²) < 4.78 is 10.4. The van der Waals surface area contributed by atoms with Crippen LogP contribution in [0.15, 0.2) is 54.6 Å². The number of alkyl carbamates (subject to hydrolysis) is 1. The van der Waals surface area contributed by atoms with Gasteiger partial charge in [0.25, 0.3) is 0 Å². The molecule has 0 heterocycles. The fourth-order valence-corrected chi connectivity index (χ4v) is 2.73. The summed E-state index contributed by atoms with van der Waals surface area (Å²) in [5.41, 5.74) is 0.654. The highest BCUT2D eigenvalue weighted by molar-refractivity contribution is 5.88. The molecule has 2 amide bonds. The van der Waals surface area contributed by atoms with Crippen molar-refractivity contribution in [2.45, 2.75) is 45.4 Å². The number of rotatable bonds is 9. The molecule has 178 valence electrons. The molecule has 0 saturated heterocycles. The first-order valence-corrected chi connectivity index (χ1v) is 10.3. The van der Waals surface area contributed by atoms with E-state index in [9.17, 15) is 19.6 Å². The Morgan fingerprint density at radius 3 is 2.24 bits per heavy atom. The molecule has 1 unspecified atom stereocenters. The molecule has 2 aromatic carbocycles. The minimum atomic E-state index is -1.06. The molecule has 33 heavy (non-hydrogen) atoms. The van der Waals surface area contributed by atoms with E-state index in [0.717, 1.165) is 5.56 Å². The van der Waals surface area contributed by atoms with E-state index in [2.05, 4.69) is 10.6 Å². The molecule has 1 atom stereocenters. The Kier molecular flexibility index (Phi) is 9.19. The Bertz CT molecular complexity index is 925. The topological polar surface area (TPSA) is 140 Å². The second-order valence-corrected chi connectivity index (χ2v) is 8.21. The van der Waals surface area contributed by atoms with Gasteiger partial charge in [0, 0.05) is 6.42 Å². The maximum atomic E-state index is 12.7. The normalized spacial score (nSPS) is 11.8. The lowest BCUT2D eigenvalue weighted by molar-refractivity contribution is -0.145. The van der Waals surface area contributed by atoms with E-state index in [1.807, 2.05) is 18.2 Å². The van der Waals surface area contributed by atoms with Crippen molar-refractivity contribution in [3.8, 4) is 0 Å². The Morgan fingerprint density at radius 1 is 1.03 bits per heavy atom. The van der Waals surface area contributed by atoms with Gasteiger partial charge in [0.2, 0.25) is 5.91 Å². The molecule has 10 heteroatoms. The lowest BCUT2D eigenvalue weighted by atomic mass is 10.0. The van der Waals surface area contributed by atoms with Crippen molar-refractivity contribution in [3.05, 3.63) is 70.9 Å². The number of carbonyl (C=O) groups excluding carboxylic acids is 3. The van der Waals surface area contributed by atoms with Crippen LogP contribution in [0.2, 0.25) is 0 Å². The van der Waals surface area contributed by atoms with Crippen LogP contribution in [0, 0.1) is 5.21 Å². The predicted molar refractivity (Wildman–Crippen MR) is 120 cm³/mol. The van der Waals surface area contributed by atoms with E-state index >= 15 is 0 Å². The van der Waals surface area contributed by atoms with Gasteiger partial charge in [-0.1, -0.05) is 42.5 Å². The summed E-state index contributed by atoms with van der Waals surface area (Å²) in [4.78, 5) is 36.9. The zero-order valence-electron chi connectivity index (χ0n) is 18.7. The Balaban J connectivity index is 1.98. The van der Waals surface area contributed by atoms with Crippen molar-refractivity contribution >= 4 is 23.7 Å². The molecule has 0 aliphatic heterocycles. The van der Waals surface area contributed by atoms with Gasteiger partial charge in [-0.2, -0.15) is 0 Å². The molecule has 0 spiro atoms. The second-order valence-electron chi connectivity index (χ2n) is 8.21. The lowest BCUT2D eigenvalue weighted by Crippen LogP contribution is -2.50. The molecule has 2 aromatic rings. The number of amides is 2. The van der Waals surface area contributed by atoms with E-state index < -0.39 is 29.6 Å². The van der Waals surface area contributed by atoms with Crippen molar-refractivity contribution in [1.82, 2.24) is 10.6 Å². The van der Waals surface area contributed by atoms with E-state index in [1.165, 1.54) is 24.3 Å². The zero-order chi connectivity index (χ0) is 24.4. The molecular weight excluding hydrogens is 430 g/mol. The summed E-state index contributed by atoms with van der Waals surface area (Å²) in [6.45, 7) is 4.75. The summed E-state index contributed by atoms with van der Waals surface area (Å²) in [6.07, 6.45) is -0.749. The molecular formula is C23H28N3O7-. The summed E-state index contributed by atoms with van der Waals surface area (Å²) in [5, 5.41) is 24.6. The van der Waals surface area contributed by atoms with Crippen molar-refractivity contribution < 1.29 is 29.1 Å². The fraction of sp³-hybridized carbons (Fsp3) is 0.348. The molecule has 0 aliphatic rings. The monoisotopic (exact) mass is 458 g/mol. The smallest absolute Gasteiger partial charge is 0.408 e. The third-order valence-electron chi connectivity index (χ3n) is 4.25. The summed E-state index contributed by atoms with van der Waals surface area (Å²) in [5.74, 6) is -1.25. The van der Waals surface area contributed by atoms with Gasteiger partial charge < -0.3 is 30.5 Å². The van der Waals surface area contributed by atoms with E-state index in [4.69, 9.17) is 14.7 Å². The molecule has 0 bridgehead atoms. The number of carbonyl (C=O) groups is 3. The predicted octanol–water partition coefficient (Wildman–Crippen LogP) is 2.68. The van der Waals surface area contributed by atoms with Gasteiger partial charge in [0.15, 0.2) is 0 Å². The Labute approximate surface area is 192 Å². The lowest BCUT2D eigenvalue weighted by Gasteiger charge is -2.24. The van der Waals surface area contributed by atoms with Gasteiger partial charge in [-0.25, -0.2) is 4.79 Å². The molecule has 0 saturated carbocycles. The van der Waals surface area contributed by atoms with Crippen LogP contribution in [0.5, 0.6) is 0 Å². The maximum absolute atomic E-state index is 12.7. The van der Waals surface area contributed by atoms with Crippen LogP contribution in [-0.4, -0.2) is 41.4 Å². The minimum absolute atomic E-state index is 0.0148.